The Bertz CT molecular complexity index is 600. The van der Waals surface area contributed by atoms with Crippen LogP contribution in [-0.4, -0.2) is 52.7 Å². The summed E-state index contributed by atoms with van der Waals surface area (Å²) >= 11 is 3.53. The molecule has 0 saturated carbocycles. The number of urea groups is 1. The lowest BCUT2D eigenvalue weighted by atomic mass is 10.0. The monoisotopic (exact) mass is 367 g/mol. The van der Waals surface area contributed by atoms with E-state index in [4.69, 9.17) is 5.11 Å². The van der Waals surface area contributed by atoms with E-state index in [1.165, 1.54) is 4.90 Å². The van der Waals surface area contributed by atoms with Crippen LogP contribution in [0.25, 0.3) is 0 Å². The Morgan fingerprint density at radius 3 is 2.68 bits per heavy atom. The van der Waals surface area contributed by atoms with Gasteiger partial charge in [-0.2, -0.15) is 0 Å². The van der Waals surface area contributed by atoms with Gasteiger partial charge in [-0.25, -0.2) is 9.59 Å². The van der Waals surface area contributed by atoms with Gasteiger partial charge in [-0.05, 0) is 37.0 Å². The second-order valence-corrected chi connectivity index (χ2v) is 6.49. The minimum absolute atomic E-state index is 0.0920. The third-order valence-corrected chi connectivity index (χ3v) is 5.14. The fourth-order valence-electron chi connectivity index (χ4n) is 3.17. The van der Waals surface area contributed by atoms with Crippen molar-refractivity contribution in [2.75, 3.05) is 25.0 Å². The van der Waals surface area contributed by atoms with Gasteiger partial charge in [0.15, 0.2) is 0 Å². The van der Waals surface area contributed by atoms with Gasteiger partial charge in [0.05, 0.1) is 0 Å². The Morgan fingerprint density at radius 1 is 1.27 bits per heavy atom. The summed E-state index contributed by atoms with van der Waals surface area (Å²) < 4.78 is 1.01. The number of rotatable bonds is 1. The van der Waals surface area contributed by atoms with Crippen LogP contribution in [0.1, 0.15) is 18.4 Å². The van der Waals surface area contributed by atoms with Gasteiger partial charge in [0, 0.05) is 35.8 Å². The van der Waals surface area contributed by atoms with Crippen molar-refractivity contribution in [3.63, 3.8) is 0 Å². The Hall–Kier alpha value is -1.76. The van der Waals surface area contributed by atoms with Crippen LogP contribution in [-0.2, 0) is 6.42 Å². The van der Waals surface area contributed by atoms with Crippen molar-refractivity contribution >= 4 is 33.7 Å². The molecule has 2 heterocycles. The molecule has 7 heteroatoms. The lowest BCUT2D eigenvalue weighted by Crippen LogP contribution is -2.49. The number of nitrogens with zero attached hydrogens (tertiary/aromatic N) is 2. The zero-order valence-electron chi connectivity index (χ0n) is 12.1. The molecule has 0 unspecified atom stereocenters. The van der Waals surface area contributed by atoms with Crippen LogP contribution in [0.3, 0.4) is 0 Å². The number of benzene rings is 1. The topological polar surface area (TPSA) is 72.9 Å². The number of carboxylic acid groups (broad SMARTS) is 1. The molecular formula is C15H18BrN3O3. The number of anilines is 1. The highest BCUT2D eigenvalue weighted by molar-refractivity contribution is 9.10. The largest absolute Gasteiger partial charge is 0.465 e. The standard InChI is InChI=1S/C15H18BrN3O3/c16-12-2-1-3-13-11(12)6-9-19(14(20)17-13)10-4-7-18(8-5-10)15(21)22/h1-3,10H,4-9H2,(H,17,20)(H,21,22). The molecule has 2 aliphatic heterocycles. The summed E-state index contributed by atoms with van der Waals surface area (Å²) in [5.41, 5.74) is 1.96. The minimum atomic E-state index is -0.880. The molecule has 0 aliphatic carbocycles. The number of hydrogen-bond donors (Lipinski definition) is 2. The van der Waals surface area contributed by atoms with Crippen LogP contribution in [0.4, 0.5) is 15.3 Å². The van der Waals surface area contributed by atoms with Crippen molar-refractivity contribution < 1.29 is 14.7 Å². The third kappa shape index (κ3) is 2.90. The van der Waals surface area contributed by atoms with Crippen LogP contribution in [0.2, 0.25) is 0 Å². The quantitative estimate of drug-likeness (QED) is 0.801. The number of nitrogens with one attached hydrogen (secondary N) is 1. The summed E-state index contributed by atoms with van der Waals surface area (Å²) in [6, 6.07) is 5.80. The minimum Gasteiger partial charge on any atom is -0.465 e. The van der Waals surface area contributed by atoms with Gasteiger partial charge in [0.1, 0.15) is 0 Å². The Labute approximate surface area is 137 Å². The van der Waals surface area contributed by atoms with E-state index in [9.17, 15) is 9.59 Å². The number of halogens is 1. The molecule has 1 fully saturated rings. The van der Waals surface area contributed by atoms with Crippen molar-refractivity contribution in [1.29, 1.82) is 0 Å². The van der Waals surface area contributed by atoms with Gasteiger partial charge in [-0.3, -0.25) is 0 Å². The van der Waals surface area contributed by atoms with E-state index in [2.05, 4.69) is 21.2 Å². The summed E-state index contributed by atoms with van der Waals surface area (Å²) in [6.45, 7) is 1.63. The van der Waals surface area contributed by atoms with Crippen LogP contribution >= 0.6 is 15.9 Å². The predicted molar refractivity (Wildman–Crippen MR) is 86.2 cm³/mol. The molecule has 0 bridgehead atoms. The lowest BCUT2D eigenvalue weighted by molar-refractivity contribution is 0.108. The average Bonchev–Trinajstić information content (AvgIpc) is 2.67. The number of carbonyl (C=O) groups excluding carboxylic acids is 1. The molecule has 118 valence electrons. The first-order chi connectivity index (χ1) is 10.6. The van der Waals surface area contributed by atoms with E-state index in [1.54, 1.807) is 0 Å². The van der Waals surface area contributed by atoms with E-state index in [0.29, 0.717) is 32.5 Å². The van der Waals surface area contributed by atoms with Crippen LogP contribution < -0.4 is 5.32 Å². The van der Waals surface area contributed by atoms with E-state index < -0.39 is 6.09 Å². The number of amides is 3. The Morgan fingerprint density at radius 2 is 2.00 bits per heavy atom. The SMILES string of the molecule is O=C(O)N1CCC(N2CCc3c(Br)cccc3NC2=O)CC1. The van der Waals surface area contributed by atoms with Crippen molar-refractivity contribution in [2.24, 2.45) is 0 Å². The Kier molecular flexibility index (Phi) is 4.24. The Balaban J connectivity index is 1.71. The lowest BCUT2D eigenvalue weighted by Gasteiger charge is -2.36. The van der Waals surface area contributed by atoms with E-state index in [-0.39, 0.29) is 12.1 Å². The molecule has 0 aromatic heterocycles. The number of carbonyl (C=O) groups is 2. The first-order valence-electron chi connectivity index (χ1n) is 7.39. The van der Waals surface area contributed by atoms with Gasteiger partial charge in [0.2, 0.25) is 0 Å². The van der Waals surface area contributed by atoms with Crippen LogP contribution in [0, 0.1) is 0 Å². The third-order valence-electron chi connectivity index (χ3n) is 4.40. The summed E-state index contributed by atoms with van der Waals surface area (Å²) in [5.74, 6) is 0. The van der Waals surface area contributed by atoms with E-state index in [1.807, 2.05) is 23.1 Å². The number of hydrogen-bond acceptors (Lipinski definition) is 2. The van der Waals surface area contributed by atoms with Crippen LogP contribution in [0.5, 0.6) is 0 Å². The maximum atomic E-state index is 12.5. The van der Waals surface area contributed by atoms with Crippen molar-refractivity contribution in [3.05, 3.63) is 28.2 Å². The average molecular weight is 368 g/mol. The van der Waals surface area contributed by atoms with Gasteiger partial charge < -0.3 is 20.2 Å². The highest BCUT2D eigenvalue weighted by Gasteiger charge is 2.31. The molecule has 0 radical (unpaired) electrons. The summed E-state index contributed by atoms with van der Waals surface area (Å²) in [6.07, 6.45) is 1.29. The second kappa shape index (κ2) is 6.16. The first kappa shape index (κ1) is 15.1. The maximum Gasteiger partial charge on any atom is 0.407 e. The van der Waals surface area contributed by atoms with E-state index >= 15 is 0 Å². The molecule has 0 atom stereocenters. The van der Waals surface area contributed by atoms with E-state index in [0.717, 1.165) is 22.1 Å². The molecule has 1 aromatic carbocycles. The molecule has 2 N–H and O–H groups in total. The fourth-order valence-corrected chi connectivity index (χ4v) is 3.73. The fraction of sp³-hybridized carbons (Fsp3) is 0.467. The smallest absolute Gasteiger partial charge is 0.407 e. The highest BCUT2D eigenvalue weighted by atomic mass is 79.9. The van der Waals surface area contributed by atoms with Gasteiger partial charge in [0.25, 0.3) is 0 Å². The molecular weight excluding hydrogens is 350 g/mol. The number of likely N-dealkylation sites (tertiary alicyclic amines) is 1. The van der Waals surface area contributed by atoms with Crippen molar-refractivity contribution in [1.82, 2.24) is 9.80 Å². The van der Waals surface area contributed by atoms with Crippen molar-refractivity contribution in [2.45, 2.75) is 25.3 Å². The predicted octanol–water partition coefficient (Wildman–Crippen LogP) is 2.98. The molecule has 6 nitrogen and oxygen atoms in total. The zero-order chi connectivity index (χ0) is 15.7. The maximum absolute atomic E-state index is 12.5. The van der Waals surface area contributed by atoms with Gasteiger partial charge in [-0.15, -0.1) is 0 Å². The van der Waals surface area contributed by atoms with Gasteiger partial charge >= 0.3 is 12.1 Å². The second-order valence-electron chi connectivity index (χ2n) is 5.64. The zero-order valence-corrected chi connectivity index (χ0v) is 13.7. The highest BCUT2D eigenvalue weighted by Crippen LogP contribution is 2.29. The normalized spacial score (nSPS) is 19.4. The molecule has 1 saturated heterocycles. The van der Waals surface area contributed by atoms with Crippen molar-refractivity contribution in [3.8, 4) is 0 Å². The summed E-state index contributed by atoms with van der Waals surface area (Å²) in [4.78, 5) is 26.7. The molecule has 3 amide bonds. The first-order valence-corrected chi connectivity index (χ1v) is 8.18. The molecule has 3 rings (SSSR count). The molecule has 0 spiro atoms. The van der Waals surface area contributed by atoms with Crippen LogP contribution in [0.15, 0.2) is 22.7 Å². The number of piperidine rings is 1. The summed E-state index contributed by atoms with van der Waals surface area (Å²) in [5, 5.41) is 12.0. The molecule has 2 aliphatic rings. The summed E-state index contributed by atoms with van der Waals surface area (Å²) in [7, 11) is 0. The molecule has 1 aromatic rings. The van der Waals surface area contributed by atoms with Gasteiger partial charge in [-0.1, -0.05) is 22.0 Å². The number of fused-ring (bicyclic) bond motifs is 1. The molecule has 22 heavy (non-hydrogen) atoms.